The minimum absolute atomic E-state index is 0. The first-order chi connectivity index (χ1) is 10.8. The molecular weight excluding hydrogens is 417 g/mol. The molecule has 0 radical (unpaired) electrons. The number of hydrogen-bond donors (Lipinski definition) is 1. The summed E-state index contributed by atoms with van der Waals surface area (Å²) in [6.45, 7) is 12.1. The highest BCUT2D eigenvalue weighted by atomic mass is 127. The number of rotatable bonds is 7. The summed E-state index contributed by atoms with van der Waals surface area (Å²) >= 11 is 0. The zero-order chi connectivity index (χ0) is 17.4. The topological polar surface area (TPSA) is 51.2 Å². The van der Waals surface area contributed by atoms with E-state index in [0.29, 0.717) is 12.6 Å². The second-order valence-corrected chi connectivity index (χ2v) is 6.54. The maximum absolute atomic E-state index is 11.8. The van der Waals surface area contributed by atoms with Gasteiger partial charge in [0, 0.05) is 40.3 Å². The number of carbonyl (C=O) groups excluding carboxylic acids is 1. The van der Waals surface area contributed by atoms with Crippen LogP contribution in [0.2, 0.25) is 0 Å². The van der Waals surface area contributed by atoms with Crippen molar-refractivity contribution in [2.75, 3.05) is 53.9 Å². The highest BCUT2D eigenvalue weighted by Crippen LogP contribution is 2.17. The molecule has 1 atom stereocenters. The van der Waals surface area contributed by atoms with Crippen LogP contribution in [0.25, 0.3) is 0 Å². The van der Waals surface area contributed by atoms with Gasteiger partial charge in [-0.25, -0.2) is 4.99 Å². The molecule has 1 aliphatic rings. The molecule has 0 aliphatic carbocycles. The van der Waals surface area contributed by atoms with E-state index in [2.05, 4.69) is 33.6 Å². The lowest BCUT2D eigenvalue weighted by molar-refractivity contribution is -0.127. The second-order valence-electron chi connectivity index (χ2n) is 6.54. The third-order valence-corrected chi connectivity index (χ3v) is 4.16. The number of likely N-dealkylation sites (N-methyl/N-ethyl adjacent to an activating group) is 3. The van der Waals surface area contributed by atoms with Crippen molar-refractivity contribution in [1.82, 2.24) is 20.0 Å². The number of guanidine groups is 1. The molecule has 7 heteroatoms. The maximum Gasteiger partial charge on any atom is 0.243 e. The van der Waals surface area contributed by atoms with Gasteiger partial charge in [-0.05, 0) is 32.9 Å². The number of aliphatic imine (C=N–C) groups is 1. The third-order valence-electron chi connectivity index (χ3n) is 4.16. The van der Waals surface area contributed by atoms with Crippen molar-refractivity contribution >= 4 is 35.8 Å². The van der Waals surface area contributed by atoms with Gasteiger partial charge in [-0.1, -0.05) is 19.1 Å². The van der Waals surface area contributed by atoms with Crippen LogP contribution < -0.4 is 5.32 Å². The molecule has 1 fully saturated rings. The lowest BCUT2D eigenvalue weighted by Gasteiger charge is -2.30. The summed E-state index contributed by atoms with van der Waals surface area (Å²) in [4.78, 5) is 22.5. The van der Waals surface area contributed by atoms with E-state index >= 15 is 0 Å². The van der Waals surface area contributed by atoms with Crippen LogP contribution in [-0.4, -0.2) is 86.5 Å². The zero-order valence-corrected chi connectivity index (χ0v) is 18.2. The molecule has 1 amide bonds. The van der Waals surface area contributed by atoms with Crippen molar-refractivity contribution in [2.24, 2.45) is 4.99 Å². The van der Waals surface area contributed by atoms with E-state index in [4.69, 9.17) is 0 Å². The highest BCUT2D eigenvalue weighted by molar-refractivity contribution is 14.0. The predicted octanol–water partition coefficient (Wildman–Crippen LogP) is 1.63. The first-order valence-corrected chi connectivity index (χ1v) is 8.43. The smallest absolute Gasteiger partial charge is 0.243 e. The SMILES string of the molecule is C=C(C)CNC(=NCC(=O)N(C)C)N(C)CC1CCCN1CC.I. The van der Waals surface area contributed by atoms with Crippen molar-refractivity contribution < 1.29 is 4.79 Å². The van der Waals surface area contributed by atoms with Crippen LogP contribution >= 0.6 is 24.0 Å². The van der Waals surface area contributed by atoms with Crippen LogP contribution in [0.3, 0.4) is 0 Å². The summed E-state index contributed by atoms with van der Waals surface area (Å²) in [7, 11) is 5.54. The Labute approximate surface area is 164 Å². The minimum Gasteiger partial charge on any atom is -0.353 e. The summed E-state index contributed by atoms with van der Waals surface area (Å²) in [5, 5.41) is 3.31. The normalized spacial score (nSPS) is 18.0. The number of amides is 1. The average molecular weight is 451 g/mol. The highest BCUT2D eigenvalue weighted by Gasteiger charge is 2.25. The number of likely N-dealkylation sites (tertiary alicyclic amines) is 1. The number of nitrogens with zero attached hydrogens (tertiary/aromatic N) is 4. The number of nitrogens with one attached hydrogen (secondary N) is 1. The standard InChI is InChI=1S/C17H33N5O.HI/c1-7-22-10-8-9-15(22)13-21(6)17(18-11-14(2)3)19-12-16(23)20(4)5;/h15H,2,7-13H2,1,3-6H3,(H,18,19);1H. The lowest BCUT2D eigenvalue weighted by Crippen LogP contribution is -2.46. The summed E-state index contributed by atoms with van der Waals surface area (Å²) in [5.41, 5.74) is 1.04. The largest absolute Gasteiger partial charge is 0.353 e. The van der Waals surface area contributed by atoms with Crippen LogP contribution in [0.15, 0.2) is 17.1 Å². The molecule has 0 bridgehead atoms. The van der Waals surface area contributed by atoms with E-state index in [-0.39, 0.29) is 36.4 Å². The van der Waals surface area contributed by atoms with Crippen molar-refractivity contribution in [3.05, 3.63) is 12.2 Å². The first-order valence-electron chi connectivity index (χ1n) is 8.43. The molecule has 1 rings (SSSR count). The molecule has 0 saturated carbocycles. The van der Waals surface area contributed by atoms with Gasteiger partial charge in [0.25, 0.3) is 0 Å². The zero-order valence-electron chi connectivity index (χ0n) is 15.8. The van der Waals surface area contributed by atoms with Crippen molar-refractivity contribution in [1.29, 1.82) is 0 Å². The van der Waals surface area contributed by atoms with Crippen molar-refractivity contribution in [3.8, 4) is 0 Å². The molecule has 140 valence electrons. The molecule has 6 nitrogen and oxygen atoms in total. The molecule has 0 aromatic rings. The fraction of sp³-hybridized carbons (Fsp3) is 0.765. The van der Waals surface area contributed by atoms with Crippen molar-refractivity contribution in [3.63, 3.8) is 0 Å². The van der Waals surface area contributed by atoms with Crippen LogP contribution in [0, 0.1) is 0 Å². The first kappa shape index (κ1) is 23.2. The van der Waals surface area contributed by atoms with E-state index in [0.717, 1.165) is 24.6 Å². The Hall–Kier alpha value is -0.830. The second kappa shape index (κ2) is 11.7. The molecular formula is C17H34IN5O. The Morgan fingerprint density at radius 1 is 1.38 bits per heavy atom. The number of carbonyl (C=O) groups is 1. The monoisotopic (exact) mass is 451 g/mol. The number of hydrogen-bond acceptors (Lipinski definition) is 3. The predicted molar refractivity (Wildman–Crippen MR) is 112 cm³/mol. The molecule has 1 aliphatic heterocycles. The van der Waals surface area contributed by atoms with Gasteiger partial charge in [0.15, 0.2) is 5.96 Å². The van der Waals surface area contributed by atoms with Crippen LogP contribution in [0.5, 0.6) is 0 Å². The van der Waals surface area contributed by atoms with Gasteiger partial charge in [-0.3, -0.25) is 9.69 Å². The molecule has 0 spiro atoms. The van der Waals surface area contributed by atoms with Gasteiger partial charge < -0.3 is 15.1 Å². The van der Waals surface area contributed by atoms with Gasteiger partial charge in [0.2, 0.25) is 5.91 Å². The summed E-state index contributed by atoms with van der Waals surface area (Å²) in [5.74, 6) is 0.773. The molecule has 1 unspecified atom stereocenters. The minimum atomic E-state index is 0. The molecule has 24 heavy (non-hydrogen) atoms. The van der Waals surface area contributed by atoms with Gasteiger partial charge in [-0.15, -0.1) is 24.0 Å². The average Bonchev–Trinajstić information content (AvgIpc) is 2.93. The van der Waals surface area contributed by atoms with Crippen LogP contribution in [0.4, 0.5) is 0 Å². The Bertz CT molecular complexity index is 439. The Balaban J connectivity index is 0.00000529. The van der Waals surface area contributed by atoms with E-state index in [1.165, 1.54) is 19.4 Å². The van der Waals surface area contributed by atoms with E-state index in [9.17, 15) is 4.79 Å². The van der Waals surface area contributed by atoms with Crippen LogP contribution in [-0.2, 0) is 4.79 Å². The van der Waals surface area contributed by atoms with Gasteiger partial charge in [0.1, 0.15) is 6.54 Å². The molecule has 0 aromatic carbocycles. The summed E-state index contributed by atoms with van der Waals surface area (Å²) in [6.07, 6.45) is 2.49. The van der Waals surface area contributed by atoms with Crippen molar-refractivity contribution in [2.45, 2.75) is 32.7 Å². The van der Waals surface area contributed by atoms with E-state index < -0.39 is 0 Å². The maximum atomic E-state index is 11.8. The van der Waals surface area contributed by atoms with Gasteiger partial charge in [-0.2, -0.15) is 0 Å². The van der Waals surface area contributed by atoms with E-state index in [1.807, 2.05) is 14.0 Å². The fourth-order valence-corrected chi connectivity index (χ4v) is 2.75. The van der Waals surface area contributed by atoms with Gasteiger partial charge >= 0.3 is 0 Å². The van der Waals surface area contributed by atoms with E-state index in [1.54, 1.807) is 19.0 Å². The van der Waals surface area contributed by atoms with Crippen LogP contribution in [0.1, 0.15) is 26.7 Å². The Kier molecular flexibility index (Phi) is 11.3. The lowest BCUT2D eigenvalue weighted by atomic mass is 10.2. The number of halogens is 1. The quantitative estimate of drug-likeness (QED) is 0.277. The Morgan fingerprint density at radius 3 is 2.58 bits per heavy atom. The summed E-state index contributed by atoms with van der Waals surface area (Å²) < 4.78 is 0. The fourth-order valence-electron chi connectivity index (χ4n) is 2.75. The summed E-state index contributed by atoms with van der Waals surface area (Å²) in [6, 6.07) is 0.561. The molecule has 0 aromatic heterocycles. The Morgan fingerprint density at radius 2 is 2.04 bits per heavy atom. The molecule has 1 N–H and O–H groups in total. The molecule has 1 heterocycles. The van der Waals surface area contributed by atoms with Gasteiger partial charge in [0.05, 0.1) is 0 Å². The molecule has 1 saturated heterocycles. The third kappa shape index (κ3) is 7.83.